The van der Waals surface area contributed by atoms with Crippen LogP contribution in [0.4, 0.5) is 43.3 Å². The van der Waals surface area contributed by atoms with Crippen molar-refractivity contribution in [2.45, 2.75) is 20.5 Å². The number of alkyl halides is 2. The summed E-state index contributed by atoms with van der Waals surface area (Å²) in [5.74, 6) is 0.344. The molecular formula is C28H36F2N10O2. The van der Waals surface area contributed by atoms with Crippen LogP contribution < -0.4 is 25.6 Å². The third-order valence-corrected chi connectivity index (χ3v) is 5.88. The van der Waals surface area contributed by atoms with E-state index in [1.165, 1.54) is 18.3 Å². The molecule has 0 aliphatic heterocycles. The lowest BCUT2D eigenvalue weighted by molar-refractivity contribution is -0.111. The van der Waals surface area contributed by atoms with Gasteiger partial charge in [0.2, 0.25) is 11.9 Å². The van der Waals surface area contributed by atoms with Crippen LogP contribution in [0.3, 0.4) is 0 Å². The lowest BCUT2D eigenvalue weighted by atomic mass is 10.2. The van der Waals surface area contributed by atoms with Gasteiger partial charge >= 0.3 is 6.61 Å². The molecule has 2 aromatic heterocycles. The zero-order valence-electron chi connectivity index (χ0n) is 24.4. The van der Waals surface area contributed by atoms with Crippen LogP contribution in [0.5, 0.6) is 5.75 Å². The molecule has 14 heteroatoms. The number of nitrogens with one attached hydrogen (secondary N) is 3. The summed E-state index contributed by atoms with van der Waals surface area (Å²) in [6, 6.07) is 4.55. The predicted molar refractivity (Wildman–Crippen MR) is 164 cm³/mol. The Morgan fingerprint density at radius 3 is 2.62 bits per heavy atom. The van der Waals surface area contributed by atoms with Gasteiger partial charge in [-0.3, -0.25) is 9.79 Å². The number of halogens is 2. The summed E-state index contributed by atoms with van der Waals surface area (Å²) in [6.07, 6.45) is 6.27. The Kier molecular flexibility index (Phi) is 11.1. The van der Waals surface area contributed by atoms with Crippen LogP contribution in [0.15, 0.2) is 48.1 Å². The molecule has 0 aliphatic carbocycles. The monoisotopic (exact) mass is 582 g/mol. The van der Waals surface area contributed by atoms with Gasteiger partial charge in [-0.15, -0.1) is 5.10 Å². The number of rotatable bonds is 15. The number of carbonyl (C=O) groups is 1. The average molecular weight is 583 g/mol. The van der Waals surface area contributed by atoms with Crippen LogP contribution in [-0.2, 0) is 4.79 Å². The number of allylic oxidation sites excluding steroid dienone is 1. The number of carbonyl (C=O) groups excluding carboxylic acids is 1. The summed E-state index contributed by atoms with van der Waals surface area (Å²) >= 11 is 0. The standard InChI is InChI=1S/C28H36F2N10O2/c1-8-11-20-25(31-4)26(32-10-3)37-40(20)23-12-13-33-28(36-23)35-19-16-18(34-24(41)9-2)21(17-22(19)42-27(29)30)39(7)15-14-38(5)6/h8-9,11-13,16-17,27H,2,4,10,14-15H2,1,3,5-7H3,(H,32,37)(H,34,41)(H,33,35,36)/b11-8-. The normalized spacial score (nSPS) is 11.2. The van der Waals surface area contributed by atoms with E-state index in [1.807, 2.05) is 49.9 Å². The van der Waals surface area contributed by atoms with E-state index < -0.39 is 12.5 Å². The summed E-state index contributed by atoms with van der Waals surface area (Å²) in [6.45, 7) is 9.70. The van der Waals surface area contributed by atoms with E-state index in [2.05, 4.69) is 49.3 Å². The highest BCUT2D eigenvalue weighted by molar-refractivity contribution is 6.02. The maximum atomic E-state index is 13.5. The van der Waals surface area contributed by atoms with Gasteiger partial charge < -0.3 is 30.5 Å². The van der Waals surface area contributed by atoms with E-state index in [1.54, 1.807) is 17.8 Å². The molecule has 3 aromatic rings. The molecule has 2 heterocycles. The van der Waals surface area contributed by atoms with E-state index in [9.17, 15) is 13.6 Å². The molecule has 0 saturated heterocycles. The van der Waals surface area contributed by atoms with Gasteiger partial charge in [-0.05, 0) is 52.9 Å². The first kappa shape index (κ1) is 31.7. The van der Waals surface area contributed by atoms with Gasteiger partial charge in [-0.25, -0.2) is 9.67 Å². The number of aliphatic imine (C=N–C) groups is 1. The minimum absolute atomic E-state index is 0.0707. The molecule has 1 aromatic carbocycles. The molecule has 12 nitrogen and oxygen atoms in total. The maximum Gasteiger partial charge on any atom is 0.387 e. The van der Waals surface area contributed by atoms with E-state index in [-0.39, 0.29) is 17.4 Å². The van der Waals surface area contributed by atoms with Crippen LogP contribution in [0.25, 0.3) is 11.9 Å². The van der Waals surface area contributed by atoms with Crippen LogP contribution in [-0.4, -0.2) is 84.7 Å². The molecule has 224 valence electrons. The van der Waals surface area contributed by atoms with Gasteiger partial charge in [0.15, 0.2) is 17.4 Å². The minimum atomic E-state index is -3.10. The fourth-order valence-electron chi connectivity index (χ4n) is 3.93. The highest BCUT2D eigenvalue weighted by atomic mass is 19.3. The zero-order valence-corrected chi connectivity index (χ0v) is 24.4. The number of benzene rings is 1. The predicted octanol–water partition coefficient (Wildman–Crippen LogP) is 4.93. The summed E-state index contributed by atoms with van der Waals surface area (Å²) < 4.78 is 33.5. The fourth-order valence-corrected chi connectivity index (χ4v) is 3.93. The number of hydrogen-bond donors (Lipinski definition) is 3. The Labute approximate surface area is 243 Å². The second-order valence-electron chi connectivity index (χ2n) is 9.21. The minimum Gasteiger partial charge on any atom is -0.433 e. The summed E-state index contributed by atoms with van der Waals surface area (Å²) in [5, 5.41) is 13.4. The van der Waals surface area contributed by atoms with Gasteiger partial charge in [0.05, 0.1) is 22.8 Å². The molecular weight excluding hydrogens is 546 g/mol. The molecule has 0 bridgehead atoms. The third-order valence-electron chi connectivity index (χ3n) is 5.88. The molecule has 3 N–H and O–H groups in total. The van der Waals surface area contributed by atoms with Crippen molar-refractivity contribution in [2.24, 2.45) is 4.99 Å². The Balaban J connectivity index is 2.10. The van der Waals surface area contributed by atoms with E-state index >= 15 is 0 Å². The van der Waals surface area contributed by atoms with Gasteiger partial charge in [-0.1, -0.05) is 12.7 Å². The second-order valence-corrected chi connectivity index (χ2v) is 9.21. The number of amides is 1. The highest BCUT2D eigenvalue weighted by Gasteiger charge is 2.20. The molecule has 0 aliphatic rings. The van der Waals surface area contributed by atoms with E-state index in [4.69, 9.17) is 4.74 Å². The number of nitrogens with zero attached hydrogens (tertiary/aromatic N) is 7. The van der Waals surface area contributed by atoms with Crippen molar-refractivity contribution in [1.82, 2.24) is 24.6 Å². The first-order valence-electron chi connectivity index (χ1n) is 13.1. The fraction of sp³-hybridized carbons (Fsp3) is 0.321. The lowest BCUT2D eigenvalue weighted by Crippen LogP contribution is -2.29. The molecule has 42 heavy (non-hydrogen) atoms. The summed E-state index contributed by atoms with van der Waals surface area (Å²) in [5.41, 5.74) is 2.10. The zero-order chi connectivity index (χ0) is 30.8. The van der Waals surface area contributed by atoms with Crippen LogP contribution >= 0.6 is 0 Å². The van der Waals surface area contributed by atoms with Crippen molar-refractivity contribution in [3.05, 3.63) is 48.8 Å². The van der Waals surface area contributed by atoms with Crippen molar-refractivity contribution < 1.29 is 18.3 Å². The number of anilines is 5. The topological polar surface area (TPSA) is 125 Å². The first-order chi connectivity index (χ1) is 20.1. The number of likely N-dealkylation sites (N-methyl/N-ethyl adjacent to an activating group) is 2. The highest BCUT2D eigenvalue weighted by Crippen LogP contribution is 2.39. The molecule has 0 radical (unpaired) electrons. The maximum absolute atomic E-state index is 13.5. The second kappa shape index (κ2) is 14.7. The van der Waals surface area contributed by atoms with Gasteiger partial charge in [0.1, 0.15) is 5.69 Å². The van der Waals surface area contributed by atoms with E-state index in [0.29, 0.717) is 54.0 Å². The van der Waals surface area contributed by atoms with Crippen molar-refractivity contribution >= 4 is 53.2 Å². The number of hydrogen-bond acceptors (Lipinski definition) is 10. The van der Waals surface area contributed by atoms with Crippen LogP contribution in [0.2, 0.25) is 0 Å². The molecule has 0 spiro atoms. The van der Waals surface area contributed by atoms with Gasteiger partial charge in [0, 0.05) is 45.0 Å². The smallest absolute Gasteiger partial charge is 0.387 e. The molecule has 0 unspecified atom stereocenters. The molecule has 0 atom stereocenters. The van der Waals surface area contributed by atoms with Crippen molar-refractivity contribution in [3.8, 4) is 11.6 Å². The Hall–Kier alpha value is -4.85. The van der Waals surface area contributed by atoms with Gasteiger partial charge in [-0.2, -0.15) is 13.8 Å². The quantitative estimate of drug-likeness (QED) is 0.169. The molecule has 0 fully saturated rings. The number of ether oxygens (including phenoxy) is 1. The summed E-state index contributed by atoms with van der Waals surface area (Å²) in [4.78, 5) is 29.0. The SMILES string of the molecule is C=CC(=O)Nc1cc(Nc2nccc(-n3nc(NCC)c(N=C)c3/C=C\C)n2)c(OC(F)F)cc1N(C)CCN(C)C. The first-order valence-corrected chi connectivity index (χ1v) is 13.1. The lowest BCUT2D eigenvalue weighted by Gasteiger charge is -2.26. The average Bonchev–Trinajstić information content (AvgIpc) is 3.29. The van der Waals surface area contributed by atoms with E-state index in [0.717, 1.165) is 6.08 Å². The van der Waals surface area contributed by atoms with Crippen molar-refractivity contribution in [1.29, 1.82) is 0 Å². The van der Waals surface area contributed by atoms with Crippen LogP contribution in [0, 0.1) is 0 Å². The summed E-state index contributed by atoms with van der Waals surface area (Å²) in [7, 11) is 5.62. The van der Waals surface area contributed by atoms with Crippen molar-refractivity contribution in [2.75, 3.05) is 61.6 Å². The number of aromatic nitrogens is 4. The largest absolute Gasteiger partial charge is 0.433 e. The molecule has 3 rings (SSSR count). The Bertz CT molecular complexity index is 1440. The molecule has 1 amide bonds. The molecule has 0 saturated carbocycles. The Morgan fingerprint density at radius 1 is 1.24 bits per heavy atom. The van der Waals surface area contributed by atoms with Crippen LogP contribution in [0.1, 0.15) is 19.5 Å². The Morgan fingerprint density at radius 2 is 2.00 bits per heavy atom. The van der Waals surface area contributed by atoms with Crippen molar-refractivity contribution in [3.63, 3.8) is 0 Å². The third kappa shape index (κ3) is 7.87. The van der Waals surface area contributed by atoms with Gasteiger partial charge in [0.25, 0.3) is 0 Å².